The quantitative estimate of drug-likeness (QED) is 0.510. The minimum Gasteiger partial charge on any atom is -0.461 e. The first kappa shape index (κ1) is 16.8. The zero-order valence-corrected chi connectivity index (χ0v) is 15.5. The summed E-state index contributed by atoms with van der Waals surface area (Å²) < 4.78 is 5.41. The van der Waals surface area contributed by atoms with Crippen LogP contribution in [0.2, 0.25) is 0 Å². The number of furan rings is 1. The Morgan fingerprint density at radius 3 is 2.81 bits per heavy atom. The van der Waals surface area contributed by atoms with Crippen molar-refractivity contribution in [1.29, 1.82) is 0 Å². The molecule has 1 aliphatic heterocycles. The van der Waals surface area contributed by atoms with Gasteiger partial charge in [-0.1, -0.05) is 18.2 Å². The minimum atomic E-state index is -0.0370. The van der Waals surface area contributed by atoms with Gasteiger partial charge in [-0.3, -0.25) is 4.79 Å². The summed E-state index contributed by atoms with van der Waals surface area (Å²) in [5.74, 6) is 1.07. The molecule has 132 valence electrons. The summed E-state index contributed by atoms with van der Waals surface area (Å²) in [5, 5.41) is 0.678. The number of amides is 1. The molecule has 26 heavy (non-hydrogen) atoms. The maximum atomic E-state index is 13.4. The largest absolute Gasteiger partial charge is 0.461 e. The van der Waals surface area contributed by atoms with Crippen LogP contribution in [-0.2, 0) is 6.42 Å². The number of nitrogens with zero attached hydrogens (tertiary/aromatic N) is 3. The fourth-order valence-corrected chi connectivity index (χ4v) is 3.95. The highest BCUT2D eigenvalue weighted by Crippen LogP contribution is 2.31. The second-order valence-electron chi connectivity index (χ2n) is 6.18. The van der Waals surface area contributed by atoms with Crippen molar-refractivity contribution in [2.75, 3.05) is 17.7 Å². The third-order valence-corrected chi connectivity index (χ3v) is 5.24. The average Bonchev–Trinajstić information content (AvgIpc) is 3.21. The summed E-state index contributed by atoms with van der Waals surface area (Å²) in [6.45, 7) is 2.57. The number of aromatic nitrogens is 2. The zero-order chi connectivity index (χ0) is 18.1. The lowest BCUT2D eigenvalue weighted by molar-refractivity contribution is 0.0980. The lowest BCUT2D eigenvalue weighted by Gasteiger charge is -2.30. The molecule has 6 heteroatoms. The van der Waals surface area contributed by atoms with E-state index in [1.165, 1.54) is 17.3 Å². The molecule has 0 aliphatic carbocycles. The molecular weight excluding hydrogens is 346 g/mol. The number of benzene rings is 1. The van der Waals surface area contributed by atoms with Gasteiger partial charge in [-0.15, -0.1) is 11.8 Å². The molecule has 1 aromatic carbocycles. The maximum Gasteiger partial charge on any atom is 0.262 e. The van der Waals surface area contributed by atoms with Gasteiger partial charge in [0.2, 0.25) is 0 Å². The molecule has 0 bridgehead atoms. The van der Waals surface area contributed by atoms with E-state index in [2.05, 4.69) is 16.0 Å². The SMILES string of the molecule is CSc1nc(-c2ccco2)nc(C)c1C(=O)N1CCCc2ccccc21. The number of carbonyl (C=O) groups is 1. The van der Waals surface area contributed by atoms with Gasteiger partial charge < -0.3 is 9.32 Å². The molecule has 3 aromatic rings. The number of hydrogen-bond donors (Lipinski definition) is 0. The van der Waals surface area contributed by atoms with Crippen LogP contribution in [0.4, 0.5) is 5.69 Å². The van der Waals surface area contributed by atoms with E-state index in [1.807, 2.05) is 42.3 Å². The molecule has 0 saturated heterocycles. The molecule has 0 N–H and O–H groups in total. The van der Waals surface area contributed by atoms with Gasteiger partial charge in [0.1, 0.15) is 5.03 Å². The Labute approximate surface area is 156 Å². The smallest absolute Gasteiger partial charge is 0.262 e. The highest BCUT2D eigenvalue weighted by atomic mass is 32.2. The van der Waals surface area contributed by atoms with Crippen molar-refractivity contribution in [3.63, 3.8) is 0 Å². The van der Waals surface area contributed by atoms with Gasteiger partial charge in [-0.05, 0) is 49.8 Å². The monoisotopic (exact) mass is 365 g/mol. The number of aryl methyl sites for hydroxylation is 2. The second-order valence-corrected chi connectivity index (χ2v) is 6.98. The fraction of sp³-hybridized carbons (Fsp3) is 0.250. The van der Waals surface area contributed by atoms with Gasteiger partial charge in [-0.2, -0.15) is 0 Å². The van der Waals surface area contributed by atoms with E-state index in [9.17, 15) is 4.79 Å². The summed E-state index contributed by atoms with van der Waals surface area (Å²) in [7, 11) is 0. The van der Waals surface area contributed by atoms with Crippen LogP contribution >= 0.6 is 11.8 Å². The Bertz CT molecular complexity index is 954. The molecule has 3 heterocycles. The van der Waals surface area contributed by atoms with Crippen molar-refractivity contribution in [2.24, 2.45) is 0 Å². The van der Waals surface area contributed by atoms with E-state index in [4.69, 9.17) is 4.42 Å². The van der Waals surface area contributed by atoms with Crippen LogP contribution in [0.3, 0.4) is 0 Å². The molecule has 0 fully saturated rings. The normalized spacial score (nSPS) is 13.5. The van der Waals surface area contributed by atoms with E-state index in [0.29, 0.717) is 34.4 Å². The van der Waals surface area contributed by atoms with Crippen LogP contribution in [0.5, 0.6) is 0 Å². The molecule has 1 aliphatic rings. The van der Waals surface area contributed by atoms with Crippen LogP contribution in [0.1, 0.15) is 28.0 Å². The van der Waals surface area contributed by atoms with Crippen LogP contribution in [-0.4, -0.2) is 28.7 Å². The molecule has 0 spiro atoms. The van der Waals surface area contributed by atoms with Crippen molar-refractivity contribution in [1.82, 2.24) is 9.97 Å². The van der Waals surface area contributed by atoms with Crippen LogP contribution < -0.4 is 4.90 Å². The average molecular weight is 365 g/mol. The third-order valence-electron chi connectivity index (χ3n) is 4.56. The first-order valence-corrected chi connectivity index (χ1v) is 9.78. The summed E-state index contributed by atoms with van der Waals surface area (Å²) in [6.07, 6.45) is 5.48. The summed E-state index contributed by atoms with van der Waals surface area (Å²) in [6, 6.07) is 11.7. The predicted molar refractivity (Wildman–Crippen MR) is 103 cm³/mol. The van der Waals surface area contributed by atoms with E-state index in [-0.39, 0.29) is 5.91 Å². The number of fused-ring (bicyclic) bond motifs is 1. The van der Waals surface area contributed by atoms with E-state index >= 15 is 0 Å². The fourth-order valence-electron chi connectivity index (χ4n) is 3.34. The summed E-state index contributed by atoms with van der Waals surface area (Å²) >= 11 is 1.45. The predicted octanol–water partition coefficient (Wildman–Crippen LogP) is 4.36. The van der Waals surface area contributed by atoms with Gasteiger partial charge in [0.15, 0.2) is 11.6 Å². The number of thioether (sulfide) groups is 1. The standard InChI is InChI=1S/C20H19N3O2S/c1-13-17(19(26-2)22-18(21-13)16-10-6-12-25-16)20(24)23-11-5-8-14-7-3-4-9-15(14)23/h3-4,6-7,9-10,12H,5,8,11H2,1-2H3. The van der Waals surface area contributed by atoms with Gasteiger partial charge in [0.05, 0.1) is 17.5 Å². The Hall–Kier alpha value is -2.60. The van der Waals surface area contributed by atoms with Crippen molar-refractivity contribution < 1.29 is 9.21 Å². The molecule has 0 unspecified atom stereocenters. The van der Waals surface area contributed by atoms with Gasteiger partial charge in [0, 0.05) is 12.2 Å². The van der Waals surface area contributed by atoms with E-state index in [1.54, 1.807) is 12.3 Å². The topological polar surface area (TPSA) is 59.2 Å². The van der Waals surface area contributed by atoms with Crippen molar-refractivity contribution in [3.8, 4) is 11.6 Å². The highest BCUT2D eigenvalue weighted by Gasteiger charge is 2.28. The number of hydrogen-bond acceptors (Lipinski definition) is 5. The molecule has 5 nitrogen and oxygen atoms in total. The molecular formula is C20H19N3O2S. The van der Waals surface area contributed by atoms with Crippen molar-refractivity contribution in [2.45, 2.75) is 24.8 Å². The van der Waals surface area contributed by atoms with E-state index < -0.39 is 0 Å². The number of anilines is 1. The third kappa shape index (κ3) is 2.90. The number of para-hydroxylation sites is 1. The van der Waals surface area contributed by atoms with Crippen molar-refractivity contribution in [3.05, 3.63) is 59.5 Å². The molecule has 4 rings (SSSR count). The Morgan fingerprint density at radius 1 is 1.19 bits per heavy atom. The minimum absolute atomic E-state index is 0.0370. The van der Waals surface area contributed by atoms with Gasteiger partial charge in [0.25, 0.3) is 5.91 Å². The lowest BCUT2D eigenvalue weighted by atomic mass is 10.0. The first-order valence-electron chi connectivity index (χ1n) is 8.55. The summed E-state index contributed by atoms with van der Waals surface area (Å²) in [4.78, 5) is 24.3. The van der Waals surface area contributed by atoms with Crippen LogP contribution in [0, 0.1) is 6.92 Å². The Morgan fingerprint density at radius 2 is 2.04 bits per heavy atom. The van der Waals surface area contributed by atoms with Crippen LogP contribution in [0.25, 0.3) is 11.6 Å². The zero-order valence-electron chi connectivity index (χ0n) is 14.7. The molecule has 0 saturated carbocycles. The second kappa shape index (κ2) is 6.96. The molecule has 1 amide bonds. The van der Waals surface area contributed by atoms with Gasteiger partial charge in [-0.25, -0.2) is 9.97 Å². The molecule has 2 aromatic heterocycles. The first-order chi connectivity index (χ1) is 12.7. The number of rotatable bonds is 3. The summed E-state index contributed by atoms with van der Waals surface area (Å²) in [5.41, 5.74) is 3.45. The van der Waals surface area contributed by atoms with Crippen LogP contribution in [0.15, 0.2) is 52.1 Å². The molecule has 0 radical (unpaired) electrons. The van der Waals surface area contributed by atoms with Gasteiger partial charge >= 0.3 is 0 Å². The maximum absolute atomic E-state index is 13.4. The number of carbonyl (C=O) groups excluding carboxylic acids is 1. The Balaban J connectivity index is 1.77. The van der Waals surface area contributed by atoms with E-state index in [0.717, 1.165) is 18.5 Å². The molecule has 0 atom stereocenters. The van der Waals surface area contributed by atoms with Crippen molar-refractivity contribution >= 4 is 23.4 Å². The lowest BCUT2D eigenvalue weighted by Crippen LogP contribution is -2.36. The highest BCUT2D eigenvalue weighted by molar-refractivity contribution is 7.98. The Kier molecular flexibility index (Phi) is 4.51.